The monoisotopic (exact) mass is 494 g/mol. The summed E-state index contributed by atoms with van der Waals surface area (Å²) in [4.78, 5) is 6.77. The maximum atomic E-state index is 10.8. The number of aromatic nitrogens is 3. The molecule has 8 nitrogen and oxygen atoms in total. The van der Waals surface area contributed by atoms with E-state index in [0.717, 1.165) is 30.2 Å². The lowest BCUT2D eigenvalue weighted by Crippen LogP contribution is -2.47. The maximum absolute atomic E-state index is 10.8. The molecule has 3 N–H and O–H groups in total. The van der Waals surface area contributed by atoms with Gasteiger partial charge >= 0.3 is 0 Å². The van der Waals surface area contributed by atoms with E-state index in [1.807, 2.05) is 31.2 Å². The van der Waals surface area contributed by atoms with Gasteiger partial charge in [-0.25, -0.2) is 4.68 Å². The van der Waals surface area contributed by atoms with Gasteiger partial charge in [0, 0.05) is 35.9 Å². The first-order valence-corrected chi connectivity index (χ1v) is 12.1. The number of nitriles is 1. The third-order valence-electron chi connectivity index (χ3n) is 6.50. The zero-order valence-electron chi connectivity index (χ0n) is 20.2. The average molecular weight is 495 g/mol. The molecular weight excluding hydrogens is 464 g/mol. The van der Waals surface area contributed by atoms with Crippen LogP contribution in [-0.2, 0) is 5.41 Å². The highest BCUT2D eigenvalue weighted by atomic mass is 35.5. The molecule has 2 aromatic heterocycles. The molecule has 1 unspecified atom stereocenters. The van der Waals surface area contributed by atoms with Crippen LogP contribution >= 0.6 is 11.6 Å². The fourth-order valence-corrected chi connectivity index (χ4v) is 4.72. The molecule has 0 radical (unpaired) electrons. The molecule has 184 valence electrons. The molecule has 0 spiro atoms. The number of nitrogens with one attached hydrogen (secondary N) is 1. The topological polar surface area (TPSA) is 110 Å². The Bertz CT molecular complexity index is 1190. The molecule has 1 aliphatic heterocycles. The first kappa shape index (κ1) is 25.1. The van der Waals surface area contributed by atoms with Crippen LogP contribution in [0.2, 0.25) is 5.02 Å². The van der Waals surface area contributed by atoms with E-state index < -0.39 is 17.2 Å². The second-order valence-corrected chi connectivity index (χ2v) is 10.3. The van der Waals surface area contributed by atoms with E-state index in [2.05, 4.69) is 26.4 Å². The summed E-state index contributed by atoms with van der Waals surface area (Å²) < 4.78 is 1.75. The number of pyridine rings is 1. The maximum Gasteiger partial charge on any atom is 0.154 e. The molecule has 1 aromatic carbocycles. The number of rotatable bonds is 7. The number of aliphatic hydroxyl groups is 2. The van der Waals surface area contributed by atoms with Crippen molar-refractivity contribution in [2.75, 3.05) is 25.0 Å². The van der Waals surface area contributed by atoms with Crippen LogP contribution in [0.25, 0.3) is 5.69 Å². The fourth-order valence-electron chi connectivity index (χ4n) is 4.60. The minimum absolute atomic E-state index is 0.580. The van der Waals surface area contributed by atoms with Gasteiger partial charge in [0.15, 0.2) is 6.23 Å². The highest BCUT2D eigenvalue weighted by Gasteiger charge is 2.38. The summed E-state index contributed by atoms with van der Waals surface area (Å²) in [6, 6.07) is 13.5. The van der Waals surface area contributed by atoms with Crippen LogP contribution in [0.1, 0.15) is 49.9 Å². The van der Waals surface area contributed by atoms with Crippen molar-refractivity contribution in [1.29, 1.82) is 5.26 Å². The summed E-state index contributed by atoms with van der Waals surface area (Å²) >= 11 is 5.98. The number of anilines is 1. The van der Waals surface area contributed by atoms with Gasteiger partial charge in [0.1, 0.15) is 5.41 Å². The molecule has 0 saturated carbocycles. The van der Waals surface area contributed by atoms with Crippen LogP contribution in [0.4, 0.5) is 5.69 Å². The van der Waals surface area contributed by atoms with E-state index in [-0.39, 0.29) is 0 Å². The van der Waals surface area contributed by atoms with Crippen LogP contribution in [0.15, 0.2) is 48.8 Å². The molecule has 35 heavy (non-hydrogen) atoms. The number of aliphatic hydroxyl groups excluding tert-OH is 1. The smallest absolute Gasteiger partial charge is 0.154 e. The van der Waals surface area contributed by atoms with Crippen LogP contribution < -0.4 is 5.32 Å². The minimum Gasteiger partial charge on any atom is -0.389 e. The highest BCUT2D eigenvalue weighted by Crippen LogP contribution is 2.35. The third kappa shape index (κ3) is 5.65. The van der Waals surface area contributed by atoms with E-state index in [0.29, 0.717) is 35.7 Å². The SMILES string of the molecule is Cc1c(C(O)Nc2ccc(C3(C#N)CCN(CC(C)(C)O)CC3)nc2)cnn1-c1ccc(Cl)cc1. The van der Waals surface area contributed by atoms with Gasteiger partial charge < -0.3 is 20.4 Å². The Morgan fingerprint density at radius 1 is 1.17 bits per heavy atom. The number of β-amino-alcohol motifs (C(OH)–C–C–N with tert-alkyl or cyclic N) is 1. The van der Waals surface area contributed by atoms with Crippen molar-refractivity contribution >= 4 is 17.3 Å². The molecule has 1 aliphatic rings. The molecule has 1 fully saturated rings. The predicted octanol–water partition coefficient (Wildman–Crippen LogP) is 3.96. The van der Waals surface area contributed by atoms with Gasteiger partial charge in [-0.2, -0.15) is 10.4 Å². The lowest BCUT2D eigenvalue weighted by Gasteiger charge is -2.39. The number of nitrogens with zero attached hydrogens (tertiary/aromatic N) is 5. The lowest BCUT2D eigenvalue weighted by atomic mass is 9.76. The molecule has 0 aliphatic carbocycles. The molecule has 9 heteroatoms. The van der Waals surface area contributed by atoms with Gasteiger partial charge in [0.25, 0.3) is 0 Å². The number of benzene rings is 1. The lowest BCUT2D eigenvalue weighted by molar-refractivity contribution is 0.0244. The van der Waals surface area contributed by atoms with Crippen molar-refractivity contribution < 1.29 is 10.2 Å². The fraction of sp³-hybridized carbons (Fsp3) is 0.423. The van der Waals surface area contributed by atoms with Gasteiger partial charge in [0.2, 0.25) is 0 Å². The first-order valence-electron chi connectivity index (χ1n) is 11.7. The number of halogens is 1. The van der Waals surface area contributed by atoms with Gasteiger partial charge in [-0.05, 0) is 70.0 Å². The molecule has 0 amide bonds. The molecule has 1 atom stereocenters. The van der Waals surface area contributed by atoms with Crippen LogP contribution in [0.5, 0.6) is 0 Å². The molecule has 4 rings (SSSR count). The van der Waals surface area contributed by atoms with Gasteiger partial charge in [0.05, 0.1) is 41.1 Å². The molecule has 3 aromatic rings. The first-order chi connectivity index (χ1) is 16.6. The van der Waals surface area contributed by atoms with E-state index in [1.54, 1.807) is 43.1 Å². The van der Waals surface area contributed by atoms with E-state index in [1.165, 1.54) is 0 Å². The Morgan fingerprint density at radius 2 is 1.86 bits per heavy atom. The van der Waals surface area contributed by atoms with Crippen LogP contribution in [-0.4, -0.2) is 55.1 Å². The van der Waals surface area contributed by atoms with Gasteiger partial charge in [-0.15, -0.1) is 0 Å². The highest BCUT2D eigenvalue weighted by molar-refractivity contribution is 6.30. The number of hydrogen-bond donors (Lipinski definition) is 3. The van der Waals surface area contributed by atoms with Gasteiger partial charge in [-0.3, -0.25) is 4.98 Å². The summed E-state index contributed by atoms with van der Waals surface area (Å²) in [5, 5.41) is 39.0. The molecule has 0 bridgehead atoms. The third-order valence-corrected chi connectivity index (χ3v) is 6.76. The molecule has 3 heterocycles. The number of hydrogen-bond acceptors (Lipinski definition) is 7. The zero-order chi connectivity index (χ0) is 25.2. The Balaban J connectivity index is 1.43. The number of piperidine rings is 1. The van der Waals surface area contributed by atoms with Crippen LogP contribution in [0.3, 0.4) is 0 Å². The van der Waals surface area contributed by atoms with Crippen molar-refractivity contribution in [1.82, 2.24) is 19.7 Å². The molecular formula is C26H31ClN6O2. The van der Waals surface area contributed by atoms with Crippen molar-refractivity contribution in [2.24, 2.45) is 0 Å². The van der Waals surface area contributed by atoms with Crippen molar-refractivity contribution in [3.8, 4) is 11.8 Å². The minimum atomic E-state index is -0.973. The van der Waals surface area contributed by atoms with E-state index in [9.17, 15) is 15.5 Å². The normalized spacial score (nSPS) is 17.1. The second-order valence-electron chi connectivity index (χ2n) is 9.84. The summed E-state index contributed by atoms with van der Waals surface area (Å²) in [7, 11) is 0. The standard InChI is InChI=1S/C26H31ClN6O2/c1-18-22(15-30-33(18)21-7-4-19(27)5-8-21)24(34)31-20-6-9-23(29-14-20)26(16-28)10-12-32(13-11-26)17-25(2,3)35/h4-9,14-15,24,31,34-35H,10-13,17H2,1-3H3. The summed E-state index contributed by atoms with van der Waals surface area (Å²) in [5.41, 5.74) is 2.27. The van der Waals surface area contributed by atoms with Crippen molar-refractivity contribution in [2.45, 2.75) is 50.9 Å². The van der Waals surface area contributed by atoms with Crippen molar-refractivity contribution in [3.63, 3.8) is 0 Å². The Labute approximate surface area is 210 Å². The zero-order valence-corrected chi connectivity index (χ0v) is 21.0. The predicted molar refractivity (Wildman–Crippen MR) is 135 cm³/mol. The van der Waals surface area contributed by atoms with Crippen LogP contribution in [0, 0.1) is 18.3 Å². The summed E-state index contributed by atoms with van der Waals surface area (Å²) in [6.07, 6.45) is 3.63. The Morgan fingerprint density at radius 3 is 2.43 bits per heavy atom. The summed E-state index contributed by atoms with van der Waals surface area (Å²) in [5.74, 6) is 0. The molecule has 1 saturated heterocycles. The van der Waals surface area contributed by atoms with E-state index >= 15 is 0 Å². The average Bonchev–Trinajstić information content (AvgIpc) is 3.21. The quantitative estimate of drug-likeness (QED) is 0.426. The van der Waals surface area contributed by atoms with Crippen molar-refractivity contribution in [3.05, 3.63) is 70.8 Å². The number of likely N-dealkylation sites (tertiary alicyclic amines) is 1. The summed E-state index contributed by atoms with van der Waals surface area (Å²) in [6.45, 7) is 7.53. The second kappa shape index (κ2) is 9.96. The Hall–Kier alpha value is -2.96. The largest absolute Gasteiger partial charge is 0.389 e. The Kier molecular flexibility index (Phi) is 7.15. The van der Waals surface area contributed by atoms with Gasteiger partial charge in [-0.1, -0.05) is 11.6 Å². The van der Waals surface area contributed by atoms with E-state index in [4.69, 9.17) is 11.6 Å².